The van der Waals surface area contributed by atoms with Gasteiger partial charge in [0.1, 0.15) is 18.1 Å². The molecule has 0 aromatic heterocycles. The Balaban J connectivity index is 1.44. The van der Waals surface area contributed by atoms with Crippen LogP contribution in [-0.2, 0) is 16.2 Å². The maximum absolute atomic E-state index is 12.0. The number of ether oxygens (including phenoxy) is 2. The van der Waals surface area contributed by atoms with Crippen molar-refractivity contribution in [2.75, 3.05) is 12.4 Å². The van der Waals surface area contributed by atoms with Crippen LogP contribution in [0.4, 0.5) is 5.69 Å². The minimum Gasteiger partial charge on any atom is -0.497 e. The molecular weight excluding hydrogens is 406 g/mol. The summed E-state index contributed by atoms with van der Waals surface area (Å²) in [7, 11) is 1.57. The van der Waals surface area contributed by atoms with Gasteiger partial charge in [-0.3, -0.25) is 9.59 Å². The number of hydrazone groups is 1. The minimum atomic E-state index is -0.353. The number of benzene rings is 3. The fourth-order valence-corrected chi connectivity index (χ4v) is 2.81. The Morgan fingerprint density at radius 1 is 0.875 bits per heavy atom. The number of carbonyl (C=O) groups is 2. The average Bonchev–Trinajstić information content (AvgIpc) is 2.83. The monoisotopic (exact) mass is 431 g/mol. The molecule has 0 heterocycles. The van der Waals surface area contributed by atoms with Crippen molar-refractivity contribution >= 4 is 23.7 Å². The largest absolute Gasteiger partial charge is 0.497 e. The van der Waals surface area contributed by atoms with Crippen LogP contribution in [0.3, 0.4) is 0 Å². The number of anilines is 1. The second-order valence-electron chi connectivity index (χ2n) is 6.88. The number of methoxy groups -OCH3 is 1. The van der Waals surface area contributed by atoms with E-state index in [1.807, 2.05) is 54.6 Å². The highest BCUT2D eigenvalue weighted by Crippen LogP contribution is 2.18. The number of para-hydroxylation sites is 1. The number of rotatable bonds is 10. The van der Waals surface area contributed by atoms with Gasteiger partial charge in [0.2, 0.25) is 11.8 Å². The SMILES string of the molecule is COc1ccc(NC(=O)CCC(=O)N/N=C\c2ccccc2OCc2ccccc2)cc1. The first kappa shape index (κ1) is 22.6. The van der Waals surface area contributed by atoms with Gasteiger partial charge in [-0.15, -0.1) is 0 Å². The number of amides is 2. The molecule has 0 atom stereocenters. The minimum absolute atomic E-state index is 0.0193. The van der Waals surface area contributed by atoms with E-state index in [4.69, 9.17) is 9.47 Å². The van der Waals surface area contributed by atoms with E-state index in [1.54, 1.807) is 31.4 Å². The summed E-state index contributed by atoms with van der Waals surface area (Å²) in [6.45, 7) is 0.432. The third-order valence-corrected chi connectivity index (χ3v) is 4.50. The Morgan fingerprint density at radius 2 is 1.56 bits per heavy atom. The van der Waals surface area contributed by atoms with Crippen molar-refractivity contribution in [3.63, 3.8) is 0 Å². The van der Waals surface area contributed by atoms with Crippen molar-refractivity contribution in [1.29, 1.82) is 0 Å². The highest BCUT2D eigenvalue weighted by molar-refractivity contribution is 5.93. The predicted octanol–water partition coefficient (Wildman–Crippen LogP) is 4.14. The molecule has 0 unspecified atom stereocenters. The fourth-order valence-electron chi connectivity index (χ4n) is 2.81. The van der Waals surface area contributed by atoms with Crippen molar-refractivity contribution in [2.45, 2.75) is 19.4 Å². The fraction of sp³-hybridized carbons (Fsp3) is 0.160. The maximum atomic E-state index is 12.0. The van der Waals surface area contributed by atoms with Gasteiger partial charge in [0.05, 0.1) is 13.3 Å². The molecule has 32 heavy (non-hydrogen) atoms. The molecule has 7 nitrogen and oxygen atoms in total. The van der Waals surface area contributed by atoms with Gasteiger partial charge in [0, 0.05) is 24.1 Å². The second kappa shape index (κ2) is 11.9. The third-order valence-electron chi connectivity index (χ3n) is 4.50. The predicted molar refractivity (Wildman–Crippen MR) is 124 cm³/mol. The summed E-state index contributed by atoms with van der Waals surface area (Å²) in [5, 5.41) is 6.72. The molecule has 3 rings (SSSR count). The second-order valence-corrected chi connectivity index (χ2v) is 6.88. The van der Waals surface area contributed by atoms with Gasteiger partial charge >= 0.3 is 0 Å². The van der Waals surface area contributed by atoms with Gasteiger partial charge in [-0.2, -0.15) is 5.10 Å². The standard InChI is InChI=1S/C25H25N3O4/c1-31-22-13-11-21(12-14-22)27-24(29)15-16-25(30)28-26-17-20-9-5-6-10-23(20)32-18-19-7-3-2-4-8-19/h2-14,17H,15-16,18H2,1H3,(H,27,29)(H,28,30)/b26-17-. The maximum Gasteiger partial charge on any atom is 0.240 e. The topological polar surface area (TPSA) is 89.0 Å². The lowest BCUT2D eigenvalue weighted by Gasteiger charge is -2.09. The zero-order valence-corrected chi connectivity index (χ0v) is 17.8. The van der Waals surface area contributed by atoms with Crippen LogP contribution in [-0.4, -0.2) is 25.1 Å². The highest BCUT2D eigenvalue weighted by Gasteiger charge is 2.07. The van der Waals surface area contributed by atoms with Crippen molar-refractivity contribution in [3.8, 4) is 11.5 Å². The Hall–Kier alpha value is -4.13. The quantitative estimate of drug-likeness (QED) is 0.373. The van der Waals surface area contributed by atoms with Gasteiger partial charge in [0.15, 0.2) is 0 Å². The van der Waals surface area contributed by atoms with Crippen molar-refractivity contribution in [3.05, 3.63) is 90.0 Å². The lowest BCUT2D eigenvalue weighted by Crippen LogP contribution is -2.20. The molecule has 2 amide bonds. The Kier molecular flexibility index (Phi) is 8.39. The molecule has 3 aromatic carbocycles. The van der Waals surface area contributed by atoms with Gasteiger partial charge in [-0.25, -0.2) is 5.43 Å². The number of nitrogens with one attached hydrogen (secondary N) is 2. The van der Waals surface area contributed by atoms with Crippen molar-refractivity contribution in [2.24, 2.45) is 5.10 Å². The zero-order chi connectivity index (χ0) is 22.6. The highest BCUT2D eigenvalue weighted by atomic mass is 16.5. The number of hydrogen-bond acceptors (Lipinski definition) is 5. The summed E-state index contributed by atoms with van der Waals surface area (Å²) in [4.78, 5) is 24.0. The summed E-state index contributed by atoms with van der Waals surface area (Å²) in [5.41, 5.74) is 4.88. The molecule has 3 aromatic rings. The van der Waals surface area contributed by atoms with Crippen molar-refractivity contribution in [1.82, 2.24) is 5.43 Å². The van der Waals surface area contributed by atoms with E-state index in [0.29, 0.717) is 23.8 Å². The van der Waals surface area contributed by atoms with E-state index in [2.05, 4.69) is 15.8 Å². The Bertz CT molecular complexity index is 1050. The van der Waals surface area contributed by atoms with Crippen LogP contribution in [0.1, 0.15) is 24.0 Å². The smallest absolute Gasteiger partial charge is 0.240 e. The number of nitrogens with zero attached hydrogens (tertiary/aromatic N) is 1. The van der Waals surface area contributed by atoms with Gasteiger partial charge in [-0.1, -0.05) is 42.5 Å². The third kappa shape index (κ3) is 7.28. The molecule has 0 bridgehead atoms. The normalized spacial score (nSPS) is 10.5. The summed E-state index contributed by atoms with van der Waals surface area (Å²) in [5.74, 6) is 0.753. The molecule has 0 spiro atoms. The van der Waals surface area contributed by atoms with E-state index in [-0.39, 0.29) is 24.7 Å². The first-order chi connectivity index (χ1) is 15.6. The van der Waals surface area contributed by atoms with Crippen LogP contribution in [0.25, 0.3) is 0 Å². The molecule has 2 N–H and O–H groups in total. The molecule has 0 saturated heterocycles. The van der Waals surface area contributed by atoms with Crippen LogP contribution in [0.15, 0.2) is 84.0 Å². The molecule has 0 aliphatic carbocycles. The molecule has 0 aliphatic heterocycles. The average molecular weight is 431 g/mol. The molecule has 164 valence electrons. The summed E-state index contributed by atoms with van der Waals surface area (Å²) < 4.78 is 10.9. The van der Waals surface area contributed by atoms with E-state index in [0.717, 1.165) is 11.1 Å². The van der Waals surface area contributed by atoms with E-state index < -0.39 is 0 Å². The van der Waals surface area contributed by atoms with E-state index in [1.165, 1.54) is 6.21 Å². The van der Waals surface area contributed by atoms with Crippen molar-refractivity contribution < 1.29 is 19.1 Å². The van der Waals surface area contributed by atoms with E-state index in [9.17, 15) is 9.59 Å². The van der Waals surface area contributed by atoms with Gasteiger partial charge in [-0.05, 0) is 42.0 Å². The zero-order valence-electron chi connectivity index (χ0n) is 17.8. The Morgan fingerprint density at radius 3 is 2.31 bits per heavy atom. The summed E-state index contributed by atoms with van der Waals surface area (Å²) in [6.07, 6.45) is 1.59. The molecule has 0 fully saturated rings. The van der Waals surface area contributed by atoms with Crippen LogP contribution < -0.4 is 20.2 Å². The first-order valence-corrected chi connectivity index (χ1v) is 10.2. The molecule has 7 heteroatoms. The van der Waals surface area contributed by atoms with E-state index >= 15 is 0 Å². The van der Waals surface area contributed by atoms with Gasteiger partial charge in [0.25, 0.3) is 0 Å². The molecule has 0 radical (unpaired) electrons. The van der Waals surface area contributed by atoms with Crippen LogP contribution in [0.2, 0.25) is 0 Å². The lowest BCUT2D eigenvalue weighted by atomic mass is 10.2. The molecule has 0 aliphatic rings. The van der Waals surface area contributed by atoms with Crippen LogP contribution in [0.5, 0.6) is 11.5 Å². The number of hydrogen-bond donors (Lipinski definition) is 2. The van der Waals surface area contributed by atoms with Gasteiger partial charge < -0.3 is 14.8 Å². The summed E-state index contributed by atoms with van der Waals surface area (Å²) in [6, 6.07) is 24.2. The molecule has 0 saturated carbocycles. The lowest BCUT2D eigenvalue weighted by molar-refractivity contribution is -0.124. The van der Waals surface area contributed by atoms with Crippen LogP contribution >= 0.6 is 0 Å². The van der Waals surface area contributed by atoms with Crippen LogP contribution in [0, 0.1) is 0 Å². The molecular formula is C25H25N3O4. The summed E-state index contributed by atoms with van der Waals surface area (Å²) >= 11 is 0. The first-order valence-electron chi connectivity index (χ1n) is 10.2. The number of carbonyl (C=O) groups excluding carboxylic acids is 2. The Labute approximate surface area is 187 Å².